The van der Waals surface area contributed by atoms with Crippen LogP contribution in [0.3, 0.4) is 0 Å². The molecular formula is C13H17NO5. The van der Waals surface area contributed by atoms with Gasteiger partial charge in [0.05, 0.1) is 6.42 Å². The molecule has 104 valence electrons. The van der Waals surface area contributed by atoms with Crippen molar-refractivity contribution in [2.45, 2.75) is 13.3 Å². The van der Waals surface area contributed by atoms with Crippen LogP contribution < -0.4 is 4.74 Å². The molecule has 6 nitrogen and oxygen atoms in total. The van der Waals surface area contributed by atoms with E-state index in [2.05, 4.69) is 0 Å². The SMILES string of the molecule is Cc1c(O)cccc1OCC(=O)N(C)CCC(=O)O. The van der Waals surface area contributed by atoms with E-state index in [0.29, 0.717) is 11.3 Å². The summed E-state index contributed by atoms with van der Waals surface area (Å²) in [6.07, 6.45) is -0.104. The van der Waals surface area contributed by atoms with Crippen molar-refractivity contribution in [1.82, 2.24) is 4.90 Å². The number of aliphatic carboxylic acids is 1. The normalized spacial score (nSPS) is 10.0. The van der Waals surface area contributed by atoms with Crippen LogP contribution in [-0.2, 0) is 9.59 Å². The van der Waals surface area contributed by atoms with Gasteiger partial charge in [-0.05, 0) is 19.1 Å². The number of phenolic OH excluding ortho intramolecular Hbond substituents is 1. The second-order valence-electron chi connectivity index (χ2n) is 4.15. The van der Waals surface area contributed by atoms with E-state index in [1.54, 1.807) is 19.1 Å². The molecule has 19 heavy (non-hydrogen) atoms. The van der Waals surface area contributed by atoms with Crippen LogP contribution in [0.4, 0.5) is 0 Å². The second-order valence-corrected chi connectivity index (χ2v) is 4.15. The average Bonchev–Trinajstić information content (AvgIpc) is 2.37. The summed E-state index contributed by atoms with van der Waals surface area (Å²) in [4.78, 5) is 23.4. The summed E-state index contributed by atoms with van der Waals surface area (Å²) in [5.74, 6) is -0.738. The number of ether oxygens (including phenoxy) is 1. The summed E-state index contributed by atoms with van der Waals surface area (Å²) in [6.45, 7) is 1.63. The third-order valence-corrected chi connectivity index (χ3v) is 2.69. The Morgan fingerprint density at radius 1 is 1.37 bits per heavy atom. The highest BCUT2D eigenvalue weighted by Crippen LogP contribution is 2.25. The lowest BCUT2D eigenvalue weighted by molar-refractivity contribution is -0.138. The summed E-state index contributed by atoms with van der Waals surface area (Å²) in [7, 11) is 1.52. The lowest BCUT2D eigenvalue weighted by atomic mass is 10.2. The molecular weight excluding hydrogens is 250 g/mol. The van der Waals surface area contributed by atoms with Gasteiger partial charge >= 0.3 is 5.97 Å². The number of rotatable bonds is 6. The fraction of sp³-hybridized carbons (Fsp3) is 0.385. The van der Waals surface area contributed by atoms with Gasteiger partial charge in [0.1, 0.15) is 11.5 Å². The maximum absolute atomic E-state index is 11.7. The van der Waals surface area contributed by atoms with Crippen molar-refractivity contribution in [3.8, 4) is 11.5 Å². The van der Waals surface area contributed by atoms with Crippen LogP contribution in [0, 0.1) is 6.92 Å². The fourth-order valence-electron chi connectivity index (χ4n) is 1.40. The first kappa shape index (κ1) is 14.8. The van der Waals surface area contributed by atoms with Crippen molar-refractivity contribution >= 4 is 11.9 Å². The number of carbonyl (C=O) groups is 2. The Morgan fingerprint density at radius 3 is 2.68 bits per heavy atom. The Balaban J connectivity index is 2.49. The number of hydrogen-bond acceptors (Lipinski definition) is 4. The molecule has 0 heterocycles. The molecule has 1 rings (SSSR count). The van der Waals surface area contributed by atoms with Gasteiger partial charge in [0.2, 0.25) is 0 Å². The third-order valence-electron chi connectivity index (χ3n) is 2.69. The summed E-state index contributed by atoms with van der Waals surface area (Å²) in [5.41, 5.74) is 0.559. The van der Waals surface area contributed by atoms with Crippen molar-refractivity contribution < 1.29 is 24.5 Å². The molecule has 2 N–H and O–H groups in total. The van der Waals surface area contributed by atoms with Crippen molar-refractivity contribution in [1.29, 1.82) is 0 Å². The Kier molecular flexibility index (Phi) is 5.17. The molecule has 0 saturated heterocycles. The maximum Gasteiger partial charge on any atom is 0.305 e. The Morgan fingerprint density at radius 2 is 2.05 bits per heavy atom. The van der Waals surface area contributed by atoms with Crippen molar-refractivity contribution in [3.63, 3.8) is 0 Å². The number of aromatic hydroxyl groups is 1. The monoisotopic (exact) mass is 267 g/mol. The first-order chi connectivity index (χ1) is 8.91. The van der Waals surface area contributed by atoms with Gasteiger partial charge in [-0.1, -0.05) is 6.07 Å². The van der Waals surface area contributed by atoms with Crippen LogP contribution in [-0.4, -0.2) is 47.2 Å². The molecule has 0 saturated carbocycles. The van der Waals surface area contributed by atoms with Gasteiger partial charge in [-0.3, -0.25) is 9.59 Å². The molecule has 0 aliphatic carbocycles. The molecule has 0 aromatic heterocycles. The minimum atomic E-state index is -0.954. The number of amides is 1. The standard InChI is InChI=1S/C13H17NO5/c1-9-10(15)4-3-5-11(9)19-8-12(16)14(2)7-6-13(17)18/h3-5,15H,6-8H2,1-2H3,(H,17,18). The van der Waals surface area contributed by atoms with Gasteiger partial charge < -0.3 is 19.8 Å². The number of likely N-dealkylation sites (N-methyl/N-ethyl adjacent to an activating group) is 1. The molecule has 1 amide bonds. The molecule has 0 aliphatic rings. The van der Waals surface area contributed by atoms with E-state index in [-0.39, 0.29) is 31.2 Å². The average molecular weight is 267 g/mol. The summed E-state index contributed by atoms with van der Waals surface area (Å²) in [6, 6.07) is 4.80. The molecule has 0 unspecified atom stereocenters. The zero-order chi connectivity index (χ0) is 14.4. The lowest BCUT2D eigenvalue weighted by Crippen LogP contribution is -2.33. The van der Waals surface area contributed by atoms with Gasteiger partial charge in [0.15, 0.2) is 6.61 Å². The van der Waals surface area contributed by atoms with E-state index in [9.17, 15) is 14.7 Å². The number of carboxylic acid groups (broad SMARTS) is 1. The van der Waals surface area contributed by atoms with Crippen LogP contribution in [0.15, 0.2) is 18.2 Å². The Labute approximate surface area is 111 Å². The van der Waals surface area contributed by atoms with Crippen LogP contribution in [0.25, 0.3) is 0 Å². The molecule has 0 radical (unpaired) electrons. The Hall–Kier alpha value is -2.24. The zero-order valence-electron chi connectivity index (χ0n) is 10.9. The van der Waals surface area contributed by atoms with Crippen LogP contribution in [0.2, 0.25) is 0 Å². The fourth-order valence-corrected chi connectivity index (χ4v) is 1.40. The Bertz CT molecular complexity index is 472. The predicted octanol–water partition coefficient (Wildman–Crippen LogP) is 1.01. The first-order valence-electron chi connectivity index (χ1n) is 5.79. The van der Waals surface area contributed by atoms with Crippen molar-refractivity contribution in [3.05, 3.63) is 23.8 Å². The molecule has 6 heteroatoms. The number of hydrogen-bond donors (Lipinski definition) is 2. The van der Waals surface area contributed by atoms with E-state index < -0.39 is 5.97 Å². The van der Waals surface area contributed by atoms with Crippen LogP contribution >= 0.6 is 0 Å². The first-order valence-corrected chi connectivity index (χ1v) is 5.79. The molecule has 0 fully saturated rings. The van der Waals surface area contributed by atoms with Gasteiger partial charge in [-0.2, -0.15) is 0 Å². The van der Waals surface area contributed by atoms with Gasteiger partial charge in [0.25, 0.3) is 5.91 Å². The van der Waals surface area contributed by atoms with E-state index in [1.165, 1.54) is 18.0 Å². The quantitative estimate of drug-likeness (QED) is 0.803. The second kappa shape index (κ2) is 6.63. The molecule has 0 spiro atoms. The van der Waals surface area contributed by atoms with E-state index in [4.69, 9.17) is 9.84 Å². The largest absolute Gasteiger partial charge is 0.508 e. The van der Waals surface area contributed by atoms with Crippen molar-refractivity contribution in [2.24, 2.45) is 0 Å². The van der Waals surface area contributed by atoms with Gasteiger partial charge in [-0.15, -0.1) is 0 Å². The molecule has 0 bridgehead atoms. The van der Waals surface area contributed by atoms with Crippen LogP contribution in [0.1, 0.15) is 12.0 Å². The third kappa shape index (κ3) is 4.50. The highest BCUT2D eigenvalue weighted by Gasteiger charge is 2.12. The number of benzene rings is 1. The van der Waals surface area contributed by atoms with Crippen LogP contribution in [0.5, 0.6) is 11.5 Å². The molecule has 0 atom stereocenters. The minimum absolute atomic E-state index is 0.101. The predicted molar refractivity (Wildman–Crippen MR) is 68.2 cm³/mol. The number of nitrogens with zero attached hydrogens (tertiary/aromatic N) is 1. The van der Waals surface area contributed by atoms with Gasteiger partial charge in [-0.25, -0.2) is 0 Å². The molecule has 1 aromatic carbocycles. The van der Waals surface area contributed by atoms with Gasteiger partial charge in [0, 0.05) is 19.2 Å². The number of carboxylic acids is 1. The highest BCUT2D eigenvalue weighted by atomic mass is 16.5. The summed E-state index contributed by atoms with van der Waals surface area (Å²) in [5, 5.41) is 18.0. The highest BCUT2D eigenvalue weighted by molar-refractivity contribution is 5.78. The molecule has 1 aromatic rings. The van der Waals surface area contributed by atoms with Crippen molar-refractivity contribution in [2.75, 3.05) is 20.2 Å². The maximum atomic E-state index is 11.7. The number of phenols is 1. The number of carbonyl (C=O) groups excluding carboxylic acids is 1. The topological polar surface area (TPSA) is 87.1 Å². The smallest absolute Gasteiger partial charge is 0.305 e. The van der Waals surface area contributed by atoms with E-state index >= 15 is 0 Å². The van der Waals surface area contributed by atoms with E-state index in [0.717, 1.165) is 0 Å². The molecule has 0 aliphatic heterocycles. The summed E-state index contributed by atoms with van der Waals surface area (Å²) >= 11 is 0. The lowest BCUT2D eigenvalue weighted by Gasteiger charge is -2.17. The zero-order valence-corrected chi connectivity index (χ0v) is 10.9. The minimum Gasteiger partial charge on any atom is -0.508 e. The van der Waals surface area contributed by atoms with E-state index in [1.807, 2.05) is 0 Å². The summed E-state index contributed by atoms with van der Waals surface area (Å²) < 4.78 is 5.31.